The molecular formula is C14H23N2O3PS. The molecule has 0 radical (unpaired) electrons. The SMILES string of the molecule is CCC(C)OP(=O)(O)C(CC)NC(=S)Nc1ccccc1. The van der Waals surface area contributed by atoms with Crippen LogP contribution < -0.4 is 10.6 Å². The lowest BCUT2D eigenvalue weighted by Crippen LogP contribution is -2.38. The summed E-state index contributed by atoms with van der Waals surface area (Å²) in [5.74, 6) is -0.727. The van der Waals surface area contributed by atoms with E-state index >= 15 is 0 Å². The molecule has 0 aromatic heterocycles. The second-order valence-corrected chi connectivity index (χ2v) is 7.15. The molecule has 0 bridgehead atoms. The van der Waals surface area contributed by atoms with E-state index in [2.05, 4.69) is 10.6 Å². The van der Waals surface area contributed by atoms with E-state index in [9.17, 15) is 9.46 Å². The smallest absolute Gasteiger partial charge is 0.348 e. The van der Waals surface area contributed by atoms with Gasteiger partial charge in [0.2, 0.25) is 0 Å². The lowest BCUT2D eigenvalue weighted by Gasteiger charge is -2.26. The van der Waals surface area contributed by atoms with E-state index < -0.39 is 13.4 Å². The summed E-state index contributed by atoms with van der Waals surface area (Å²) >= 11 is 5.18. The van der Waals surface area contributed by atoms with Gasteiger partial charge >= 0.3 is 7.60 Å². The maximum Gasteiger partial charge on any atom is 0.350 e. The van der Waals surface area contributed by atoms with E-state index in [1.807, 2.05) is 44.2 Å². The first-order chi connectivity index (χ1) is 9.89. The zero-order valence-electron chi connectivity index (χ0n) is 12.6. The second-order valence-electron chi connectivity index (χ2n) is 4.78. The van der Waals surface area contributed by atoms with Crippen molar-refractivity contribution in [3.63, 3.8) is 0 Å². The van der Waals surface area contributed by atoms with Crippen molar-refractivity contribution in [2.45, 2.75) is 45.5 Å². The molecule has 118 valence electrons. The average Bonchev–Trinajstić information content (AvgIpc) is 2.45. The van der Waals surface area contributed by atoms with Gasteiger partial charge in [0.15, 0.2) is 5.11 Å². The Kier molecular flexibility index (Phi) is 7.32. The highest BCUT2D eigenvalue weighted by atomic mass is 32.1. The first kappa shape index (κ1) is 18.1. The molecule has 0 spiro atoms. The van der Waals surface area contributed by atoms with Crippen LogP contribution in [0.5, 0.6) is 0 Å². The molecule has 0 aliphatic heterocycles. The molecule has 0 amide bonds. The highest BCUT2D eigenvalue weighted by Gasteiger charge is 2.33. The van der Waals surface area contributed by atoms with Crippen molar-refractivity contribution >= 4 is 30.6 Å². The lowest BCUT2D eigenvalue weighted by atomic mass is 10.3. The summed E-state index contributed by atoms with van der Waals surface area (Å²) in [6.07, 6.45) is 0.835. The van der Waals surface area contributed by atoms with Gasteiger partial charge in [-0.05, 0) is 44.1 Å². The first-order valence-electron chi connectivity index (χ1n) is 7.02. The van der Waals surface area contributed by atoms with E-state index in [1.165, 1.54) is 0 Å². The maximum atomic E-state index is 12.3. The Labute approximate surface area is 131 Å². The number of nitrogens with one attached hydrogen (secondary N) is 2. The zero-order valence-corrected chi connectivity index (χ0v) is 14.3. The van der Waals surface area contributed by atoms with Gasteiger partial charge in [-0.15, -0.1) is 0 Å². The molecule has 0 saturated carbocycles. The van der Waals surface area contributed by atoms with Crippen LogP contribution in [0.2, 0.25) is 0 Å². The third kappa shape index (κ3) is 6.14. The van der Waals surface area contributed by atoms with E-state index in [0.29, 0.717) is 18.0 Å². The molecule has 0 saturated heterocycles. The van der Waals surface area contributed by atoms with Gasteiger partial charge in [0.25, 0.3) is 0 Å². The Morgan fingerprint density at radius 3 is 2.48 bits per heavy atom. The van der Waals surface area contributed by atoms with Gasteiger partial charge < -0.3 is 20.1 Å². The largest absolute Gasteiger partial charge is 0.350 e. The van der Waals surface area contributed by atoms with Crippen LogP contribution in [0.25, 0.3) is 0 Å². The van der Waals surface area contributed by atoms with Crippen molar-refractivity contribution < 1.29 is 14.0 Å². The number of hydrogen-bond donors (Lipinski definition) is 3. The summed E-state index contributed by atoms with van der Waals surface area (Å²) in [5.41, 5.74) is 0.820. The lowest BCUT2D eigenvalue weighted by molar-refractivity contribution is 0.178. The first-order valence-corrected chi connectivity index (χ1v) is 9.08. The normalized spacial score (nSPS) is 16.6. The molecule has 3 N–H and O–H groups in total. The molecule has 0 aliphatic carbocycles. The van der Waals surface area contributed by atoms with Crippen molar-refractivity contribution in [1.29, 1.82) is 0 Å². The van der Waals surface area contributed by atoms with Crippen molar-refractivity contribution in [1.82, 2.24) is 5.32 Å². The monoisotopic (exact) mass is 330 g/mol. The van der Waals surface area contributed by atoms with Gasteiger partial charge in [-0.3, -0.25) is 4.57 Å². The standard InChI is InChI=1S/C14H23N2O3PS/c1-4-11(3)19-20(17,18)13(5-2)16-14(21)15-12-9-7-6-8-10-12/h6-11,13H,4-5H2,1-3H3,(H,17,18)(H2,15,16,21). The van der Waals surface area contributed by atoms with Gasteiger partial charge in [0.1, 0.15) is 5.78 Å². The van der Waals surface area contributed by atoms with Crippen LogP contribution in [0, 0.1) is 0 Å². The van der Waals surface area contributed by atoms with Crippen LogP contribution in [-0.4, -0.2) is 21.9 Å². The molecular weight excluding hydrogens is 307 g/mol. The van der Waals surface area contributed by atoms with Crippen molar-refractivity contribution in [3.05, 3.63) is 30.3 Å². The van der Waals surface area contributed by atoms with Gasteiger partial charge in [0, 0.05) is 5.69 Å². The Morgan fingerprint density at radius 1 is 1.33 bits per heavy atom. The highest BCUT2D eigenvalue weighted by molar-refractivity contribution is 7.80. The fourth-order valence-corrected chi connectivity index (χ4v) is 3.57. The summed E-state index contributed by atoms with van der Waals surface area (Å²) in [6.45, 7) is 5.49. The van der Waals surface area contributed by atoms with Gasteiger partial charge in [-0.25, -0.2) is 0 Å². The predicted octanol–water partition coefficient (Wildman–Crippen LogP) is 3.71. The molecule has 7 heteroatoms. The third-order valence-corrected chi connectivity index (χ3v) is 5.18. The van der Waals surface area contributed by atoms with Gasteiger partial charge in [0.05, 0.1) is 6.10 Å². The number of para-hydroxylation sites is 1. The molecule has 1 rings (SSSR count). The van der Waals surface area contributed by atoms with Gasteiger partial charge in [-0.1, -0.05) is 32.0 Å². The predicted molar refractivity (Wildman–Crippen MR) is 90.5 cm³/mol. The van der Waals surface area contributed by atoms with Crippen LogP contribution in [0.1, 0.15) is 33.6 Å². The number of benzene rings is 1. The number of hydrogen-bond acceptors (Lipinski definition) is 3. The minimum absolute atomic E-state index is 0.271. The molecule has 3 unspecified atom stereocenters. The maximum absolute atomic E-state index is 12.3. The molecule has 1 aromatic carbocycles. The van der Waals surface area contributed by atoms with Crippen LogP contribution in [-0.2, 0) is 9.09 Å². The van der Waals surface area contributed by atoms with Crippen molar-refractivity contribution in [2.75, 3.05) is 5.32 Å². The quantitative estimate of drug-likeness (QED) is 0.523. The van der Waals surface area contributed by atoms with Crippen LogP contribution in [0.3, 0.4) is 0 Å². The summed E-state index contributed by atoms with van der Waals surface area (Å²) < 4.78 is 17.5. The number of rotatable bonds is 7. The summed E-state index contributed by atoms with van der Waals surface area (Å²) in [7, 11) is -3.77. The Balaban J connectivity index is 2.64. The molecule has 5 nitrogen and oxygen atoms in total. The van der Waals surface area contributed by atoms with E-state index in [4.69, 9.17) is 16.7 Å². The number of anilines is 1. The number of thiocarbonyl (C=S) groups is 1. The molecule has 1 aromatic rings. The average molecular weight is 330 g/mol. The Hall–Kier alpha value is -0.940. The van der Waals surface area contributed by atoms with Crippen LogP contribution in [0.15, 0.2) is 30.3 Å². The molecule has 0 heterocycles. The minimum atomic E-state index is -3.77. The topological polar surface area (TPSA) is 70.6 Å². The van der Waals surface area contributed by atoms with E-state index in [0.717, 1.165) is 5.69 Å². The summed E-state index contributed by atoms with van der Waals surface area (Å²) in [5, 5.41) is 6.15. The Bertz CT molecular complexity index is 498. The van der Waals surface area contributed by atoms with Crippen LogP contribution >= 0.6 is 19.8 Å². The highest BCUT2D eigenvalue weighted by Crippen LogP contribution is 2.49. The fourth-order valence-electron chi connectivity index (χ4n) is 1.66. The second kappa shape index (κ2) is 8.49. The molecule has 3 atom stereocenters. The zero-order chi connectivity index (χ0) is 15.9. The Morgan fingerprint density at radius 2 is 1.95 bits per heavy atom. The van der Waals surface area contributed by atoms with Crippen molar-refractivity contribution in [2.24, 2.45) is 0 Å². The minimum Gasteiger partial charge on any atom is -0.348 e. The fraction of sp³-hybridized carbons (Fsp3) is 0.500. The molecule has 21 heavy (non-hydrogen) atoms. The van der Waals surface area contributed by atoms with E-state index in [1.54, 1.807) is 6.92 Å². The van der Waals surface area contributed by atoms with E-state index in [-0.39, 0.29) is 6.10 Å². The summed E-state index contributed by atoms with van der Waals surface area (Å²) in [6, 6.07) is 9.39. The molecule has 0 aliphatic rings. The molecule has 0 fully saturated rings. The van der Waals surface area contributed by atoms with Crippen molar-refractivity contribution in [3.8, 4) is 0 Å². The van der Waals surface area contributed by atoms with Gasteiger partial charge in [-0.2, -0.15) is 0 Å². The van der Waals surface area contributed by atoms with Crippen LogP contribution in [0.4, 0.5) is 5.69 Å². The summed E-state index contributed by atoms with van der Waals surface area (Å²) in [4.78, 5) is 10.1. The third-order valence-electron chi connectivity index (χ3n) is 3.02.